The lowest BCUT2D eigenvalue weighted by Crippen LogP contribution is -2.18. The number of aliphatic hydroxyl groups excluding tert-OH is 1. The van der Waals surface area contributed by atoms with Gasteiger partial charge in [-0.1, -0.05) is 24.3 Å². The summed E-state index contributed by atoms with van der Waals surface area (Å²) in [4.78, 5) is 0. The van der Waals surface area contributed by atoms with Crippen molar-refractivity contribution < 1.29 is 9.84 Å². The van der Waals surface area contributed by atoms with Gasteiger partial charge in [-0.2, -0.15) is 0 Å². The van der Waals surface area contributed by atoms with E-state index in [-0.39, 0.29) is 12.6 Å². The van der Waals surface area contributed by atoms with Crippen LogP contribution in [0, 0.1) is 0 Å². The van der Waals surface area contributed by atoms with Crippen LogP contribution in [0.5, 0.6) is 5.75 Å². The molecular weight excluding hydrogens is 262 g/mol. The number of methoxy groups -OCH3 is 1. The number of aliphatic hydroxyl groups is 1. The van der Waals surface area contributed by atoms with Crippen LogP contribution in [-0.4, -0.2) is 12.2 Å². The zero-order valence-corrected chi connectivity index (χ0v) is 12.3. The third kappa shape index (κ3) is 2.88. The molecule has 0 aliphatic heterocycles. The number of ether oxygens (including phenoxy) is 1. The van der Waals surface area contributed by atoms with Crippen molar-refractivity contribution >= 4 is 5.69 Å². The molecule has 3 heteroatoms. The van der Waals surface area contributed by atoms with E-state index >= 15 is 0 Å². The van der Waals surface area contributed by atoms with Crippen molar-refractivity contribution in [3.05, 3.63) is 59.2 Å². The molecule has 3 nitrogen and oxygen atoms in total. The van der Waals surface area contributed by atoms with Gasteiger partial charge in [-0.3, -0.25) is 0 Å². The maximum absolute atomic E-state index is 9.47. The van der Waals surface area contributed by atoms with Crippen LogP contribution in [0.2, 0.25) is 0 Å². The molecule has 2 N–H and O–H groups in total. The third-order valence-electron chi connectivity index (χ3n) is 4.18. The predicted molar refractivity (Wildman–Crippen MR) is 84.7 cm³/mol. The summed E-state index contributed by atoms with van der Waals surface area (Å²) in [7, 11) is 1.70. The molecule has 21 heavy (non-hydrogen) atoms. The smallest absolute Gasteiger partial charge is 0.119 e. The van der Waals surface area contributed by atoms with Gasteiger partial charge in [-0.05, 0) is 48.6 Å². The van der Waals surface area contributed by atoms with Crippen LogP contribution in [0.4, 0.5) is 5.69 Å². The Morgan fingerprint density at radius 2 is 2.10 bits per heavy atom. The summed E-state index contributed by atoms with van der Waals surface area (Å²) in [5.41, 5.74) is 4.66. The lowest BCUT2D eigenvalue weighted by atomic mass is 9.87. The molecule has 1 atom stereocenters. The molecule has 0 aromatic heterocycles. The molecular formula is C18H21NO2. The normalized spacial score (nSPS) is 17.1. The second kappa shape index (κ2) is 6.19. The highest BCUT2D eigenvalue weighted by Gasteiger charge is 2.21. The topological polar surface area (TPSA) is 41.5 Å². The fourth-order valence-corrected chi connectivity index (χ4v) is 3.04. The van der Waals surface area contributed by atoms with Crippen LogP contribution in [0.3, 0.4) is 0 Å². The van der Waals surface area contributed by atoms with Crippen molar-refractivity contribution in [1.29, 1.82) is 0 Å². The Balaban J connectivity index is 1.91. The number of aryl methyl sites for hydroxylation is 1. The van der Waals surface area contributed by atoms with Crippen LogP contribution in [0.25, 0.3) is 0 Å². The lowest BCUT2D eigenvalue weighted by Gasteiger charge is -2.28. The van der Waals surface area contributed by atoms with Gasteiger partial charge < -0.3 is 15.2 Å². The van der Waals surface area contributed by atoms with Crippen molar-refractivity contribution in [3.8, 4) is 5.75 Å². The van der Waals surface area contributed by atoms with E-state index in [1.54, 1.807) is 7.11 Å². The van der Waals surface area contributed by atoms with Gasteiger partial charge in [0.2, 0.25) is 0 Å². The Morgan fingerprint density at radius 3 is 2.90 bits per heavy atom. The van der Waals surface area contributed by atoms with Gasteiger partial charge in [0.1, 0.15) is 5.75 Å². The van der Waals surface area contributed by atoms with Gasteiger partial charge in [0.25, 0.3) is 0 Å². The molecule has 2 aromatic rings. The summed E-state index contributed by atoms with van der Waals surface area (Å²) in [6.07, 6.45) is 3.40. The molecule has 110 valence electrons. The molecule has 3 rings (SSSR count). The minimum atomic E-state index is 0.0564. The molecule has 0 saturated heterocycles. The van der Waals surface area contributed by atoms with Crippen LogP contribution in [0.1, 0.15) is 35.6 Å². The van der Waals surface area contributed by atoms with Gasteiger partial charge in [0.05, 0.1) is 19.8 Å². The molecule has 1 aliphatic carbocycles. The molecule has 0 bridgehead atoms. The lowest BCUT2D eigenvalue weighted by molar-refractivity contribution is 0.282. The van der Waals surface area contributed by atoms with Crippen molar-refractivity contribution in [2.75, 3.05) is 12.4 Å². The minimum Gasteiger partial charge on any atom is -0.497 e. The fraction of sp³-hybridized carbons (Fsp3) is 0.333. The van der Waals surface area contributed by atoms with E-state index in [2.05, 4.69) is 17.4 Å². The SMILES string of the molecule is COc1ccc2c(c1)C(Nc1ccccc1CO)CCC2. The quantitative estimate of drug-likeness (QED) is 0.899. The van der Waals surface area contributed by atoms with E-state index in [4.69, 9.17) is 4.74 Å². The highest BCUT2D eigenvalue weighted by atomic mass is 16.5. The van der Waals surface area contributed by atoms with Gasteiger partial charge in [0.15, 0.2) is 0 Å². The van der Waals surface area contributed by atoms with E-state index in [1.807, 2.05) is 30.3 Å². The number of anilines is 1. The summed E-state index contributed by atoms with van der Waals surface area (Å²) >= 11 is 0. The average molecular weight is 283 g/mol. The second-order valence-corrected chi connectivity index (χ2v) is 5.47. The minimum absolute atomic E-state index is 0.0564. The maximum Gasteiger partial charge on any atom is 0.119 e. The third-order valence-corrected chi connectivity index (χ3v) is 4.18. The van der Waals surface area contributed by atoms with Gasteiger partial charge >= 0.3 is 0 Å². The summed E-state index contributed by atoms with van der Waals surface area (Å²) < 4.78 is 5.36. The molecule has 0 fully saturated rings. The van der Waals surface area contributed by atoms with Crippen molar-refractivity contribution in [2.45, 2.75) is 31.9 Å². The molecule has 0 amide bonds. The van der Waals surface area contributed by atoms with Crippen molar-refractivity contribution in [3.63, 3.8) is 0 Å². The summed E-state index contributed by atoms with van der Waals surface area (Å²) in [6, 6.07) is 14.5. The molecule has 0 spiro atoms. The highest BCUT2D eigenvalue weighted by molar-refractivity contribution is 5.54. The Morgan fingerprint density at radius 1 is 1.24 bits per heavy atom. The van der Waals surface area contributed by atoms with Gasteiger partial charge in [-0.15, -0.1) is 0 Å². The Hall–Kier alpha value is -2.00. The highest BCUT2D eigenvalue weighted by Crippen LogP contribution is 2.35. The number of fused-ring (bicyclic) bond motifs is 1. The Bertz CT molecular complexity index is 624. The molecule has 0 heterocycles. The van der Waals surface area contributed by atoms with Gasteiger partial charge in [0, 0.05) is 11.3 Å². The number of nitrogens with one attached hydrogen (secondary N) is 1. The van der Waals surface area contributed by atoms with Crippen molar-refractivity contribution in [2.24, 2.45) is 0 Å². The number of hydrogen-bond acceptors (Lipinski definition) is 3. The zero-order valence-electron chi connectivity index (χ0n) is 12.3. The van der Waals surface area contributed by atoms with E-state index in [0.29, 0.717) is 0 Å². The first-order chi connectivity index (χ1) is 10.3. The van der Waals surface area contributed by atoms with E-state index in [0.717, 1.165) is 29.8 Å². The van der Waals surface area contributed by atoms with Crippen LogP contribution >= 0.6 is 0 Å². The number of hydrogen-bond donors (Lipinski definition) is 2. The largest absolute Gasteiger partial charge is 0.497 e. The summed E-state index contributed by atoms with van der Waals surface area (Å²) in [6.45, 7) is 0.0564. The number of benzene rings is 2. The number of para-hydroxylation sites is 1. The average Bonchev–Trinajstić information content (AvgIpc) is 2.55. The van der Waals surface area contributed by atoms with E-state index < -0.39 is 0 Å². The Labute approximate surface area is 125 Å². The Kier molecular flexibility index (Phi) is 4.11. The van der Waals surface area contributed by atoms with E-state index in [1.165, 1.54) is 17.5 Å². The first-order valence-corrected chi connectivity index (χ1v) is 7.44. The number of rotatable bonds is 4. The molecule has 0 saturated carbocycles. The van der Waals surface area contributed by atoms with Crippen LogP contribution in [-0.2, 0) is 13.0 Å². The molecule has 0 radical (unpaired) electrons. The molecule has 2 aromatic carbocycles. The van der Waals surface area contributed by atoms with Gasteiger partial charge in [-0.25, -0.2) is 0 Å². The predicted octanol–water partition coefficient (Wildman–Crippen LogP) is 3.68. The van der Waals surface area contributed by atoms with E-state index in [9.17, 15) is 5.11 Å². The molecule has 1 aliphatic rings. The first-order valence-electron chi connectivity index (χ1n) is 7.44. The molecule has 1 unspecified atom stereocenters. The maximum atomic E-state index is 9.47. The fourth-order valence-electron chi connectivity index (χ4n) is 3.04. The monoisotopic (exact) mass is 283 g/mol. The standard InChI is InChI=1S/C18H21NO2/c1-21-15-10-9-13-6-4-8-18(16(13)11-15)19-17-7-3-2-5-14(17)12-20/h2-3,5,7,9-11,18-20H,4,6,8,12H2,1H3. The van der Waals surface area contributed by atoms with Crippen LogP contribution in [0.15, 0.2) is 42.5 Å². The first kappa shape index (κ1) is 14.0. The van der Waals surface area contributed by atoms with Crippen LogP contribution < -0.4 is 10.1 Å². The zero-order chi connectivity index (χ0) is 14.7. The summed E-state index contributed by atoms with van der Waals surface area (Å²) in [5, 5.41) is 13.1. The summed E-state index contributed by atoms with van der Waals surface area (Å²) in [5.74, 6) is 0.901. The van der Waals surface area contributed by atoms with Crippen molar-refractivity contribution in [1.82, 2.24) is 0 Å². The second-order valence-electron chi connectivity index (χ2n) is 5.47.